The number of hydrogen-bond acceptors (Lipinski definition) is 3. The summed E-state index contributed by atoms with van der Waals surface area (Å²) in [5.41, 5.74) is -0.408. The largest absolute Gasteiger partial charge is 0.396 e. The summed E-state index contributed by atoms with van der Waals surface area (Å²) >= 11 is 0. The van der Waals surface area contributed by atoms with Crippen LogP contribution >= 0.6 is 0 Å². The highest BCUT2D eigenvalue weighted by molar-refractivity contribution is 6.67. The van der Waals surface area contributed by atoms with Gasteiger partial charge in [-0.05, 0) is 13.0 Å². The van der Waals surface area contributed by atoms with E-state index in [2.05, 4.69) is 6.92 Å². The van der Waals surface area contributed by atoms with Gasteiger partial charge in [0.2, 0.25) is 0 Å². The number of aliphatic hydroxyl groups is 1. The lowest BCUT2D eigenvalue weighted by molar-refractivity contribution is 0.137. The van der Waals surface area contributed by atoms with Gasteiger partial charge in [-0.15, -0.1) is 0 Å². The van der Waals surface area contributed by atoms with Crippen LogP contribution in [0.1, 0.15) is 32.6 Å². The summed E-state index contributed by atoms with van der Waals surface area (Å²) in [6, 6.07) is 0. The van der Waals surface area contributed by atoms with Gasteiger partial charge < -0.3 is 14.0 Å². The molecular formula is C9H22O3Si. The monoisotopic (exact) mass is 206 g/mol. The predicted molar refractivity (Wildman–Crippen MR) is 55.8 cm³/mol. The Kier molecular flexibility index (Phi) is 6.58. The van der Waals surface area contributed by atoms with E-state index in [1.807, 2.05) is 6.55 Å². The van der Waals surface area contributed by atoms with Crippen LogP contribution < -0.4 is 0 Å². The molecule has 0 aromatic carbocycles. The molecule has 0 saturated carbocycles. The Morgan fingerprint density at radius 1 is 1.23 bits per heavy atom. The molecule has 4 heteroatoms. The van der Waals surface area contributed by atoms with Crippen LogP contribution in [0.3, 0.4) is 0 Å². The molecule has 13 heavy (non-hydrogen) atoms. The fourth-order valence-electron chi connectivity index (χ4n) is 1.21. The van der Waals surface area contributed by atoms with Gasteiger partial charge in [0.15, 0.2) is 0 Å². The van der Waals surface area contributed by atoms with Crippen molar-refractivity contribution >= 4 is 8.56 Å². The first-order chi connectivity index (χ1) is 6.10. The average Bonchev–Trinajstić information content (AvgIpc) is 2.17. The highest BCUT2D eigenvalue weighted by atomic mass is 28.4. The van der Waals surface area contributed by atoms with E-state index in [0.29, 0.717) is 0 Å². The van der Waals surface area contributed by atoms with Crippen molar-refractivity contribution in [1.29, 1.82) is 0 Å². The van der Waals surface area contributed by atoms with Crippen LogP contribution in [0.4, 0.5) is 0 Å². The summed E-state index contributed by atoms with van der Waals surface area (Å²) in [7, 11) is 0.925. The zero-order valence-electron chi connectivity index (χ0n) is 9.17. The number of unbranched alkanes of at least 4 members (excludes halogenated alkanes) is 2. The Labute approximate surface area is 82.3 Å². The Balaban J connectivity index is 3.84. The van der Waals surface area contributed by atoms with Crippen LogP contribution in [0.2, 0.25) is 6.55 Å². The molecule has 0 aliphatic rings. The summed E-state index contributed by atoms with van der Waals surface area (Å²) in [5.74, 6) is 0. The van der Waals surface area contributed by atoms with Crippen molar-refractivity contribution in [1.82, 2.24) is 0 Å². The molecule has 0 bridgehead atoms. The molecule has 3 nitrogen and oxygen atoms in total. The minimum atomic E-state index is -2.30. The van der Waals surface area contributed by atoms with Crippen molar-refractivity contribution < 1.29 is 14.0 Å². The summed E-state index contributed by atoms with van der Waals surface area (Å²) in [6.45, 7) is 4.04. The third-order valence-corrected chi connectivity index (χ3v) is 5.62. The fraction of sp³-hybridized carbons (Fsp3) is 1.00. The first-order valence-electron chi connectivity index (χ1n) is 4.89. The van der Waals surface area contributed by atoms with Gasteiger partial charge in [0.25, 0.3) is 0 Å². The molecule has 0 fully saturated rings. The van der Waals surface area contributed by atoms with E-state index in [0.717, 1.165) is 19.3 Å². The van der Waals surface area contributed by atoms with Crippen LogP contribution in [0, 0.1) is 0 Å². The maximum Gasteiger partial charge on any atom is 0.364 e. The van der Waals surface area contributed by atoms with E-state index in [1.54, 1.807) is 14.2 Å². The van der Waals surface area contributed by atoms with Crippen molar-refractivity contribution in [3.63, 3.8) is 0 Å². The van der Waals surface area contributed by atoms with Crippen LogP contribution in [-0.2, 0) is 8.85 Å². The summed E-state index contributed by atoms with van der Waals surface area (Å²) < 4.78 is 10.5. The molecule has 0 aromatic rings. The molecule has 1 atom stereocenters. The van der Waals surface area contributed by atoms with Crippen molar-refractivity contribution in [2.45, 2.75) is 44.9 Å². The lowest BCUT2D eigenvalue weighted by atomic mass is 10.2. The molecule has 0 heterocycles. The number of aliphatic hydroxyl groups excluding tert-OH is 1. The van der Waals surface area contributed by atoms with E-state index in [9.17, 15) is 5.11 Å². The van der Waals surface area contributed by atoms with Crippen LogP contribution in [0.25, 0.3) is 0 Å². The smallest absolute Gasteiger partial charge is 0.364 e. The maximum absolute atomic E-state index is 9.81. The summed E-state index contributed by atoms with van der Waals surface area (Å²) in [6.07, 6.45) is 4.17. The Morgan fingerprint density at radius 2 is 1.77 bits per heavy atom. The second-order valence-corrected chi connectivity index (χ2v) is 6.95. The Bertz CT molecular complexity index is 126. The minimum Gasteiger partial charge on any atom is -0.396 e. The second kappa shape index (κ2) is 6.54. The van der Waals surface area contributed by atoms with Gasteiger partial charge in [-0.3, -0.25) is 0 Å². The topological polar surface area (TPSA) is 38.7 Å². The van der Waals surface area contributed by atoms with Gasteiger partial charge in [-0.25, -0.2) is 0 Å². The average molecular weight is 206 g/mol. The van der Waals surface area contributed by atoms with E-state index in [-0.39, 0.29) is 0 Å². The lowest BCUT2D eigenvalue weighted by Gasteiger charge is -2.27. The maximum atomic E-state index is 9.81. The summed E-state index contributed by atoms with van der Waals surface area (Å²) in [4.78, 5) is 0. The molecule has 80 valence electrons. The van der Waals surface area contributed by atoms with Gasteiger partial charge in [-0.1, -0.05) is 26.2 Å². The van der Waals surface area contributed by atoms with Gasteiger partial charge in [0.1, 0.15) is 0 Å². The standard InChI is InChI=1S/C9H22O3Si/c1-5-6-7-8-9(10)13(4,11-2)12-3/h9-10H,5-8H2,1-4H3. The van der Waals surface area contributed by atoms with Crippen LogP contribution in [-0.4, -0.2) is 33.6 Å². The third kappa shape index (κ3) is 4.22. The number of hydrogen-bond donors (Lipinski definition) is 1. The van der Waals surface area contributed by atoms with Crippen molar-refractivity contribution in [2.75, 3.05) is 14.2 Å². The fourth-order valence-corrected chi connectivity index (χ4v) is 2.64. The molecule has 0 aliphatic heterocycles. The Morgan fingerprint density at radius 3 is 2.15 bits per heavy atom. The van der Waals surface area contributed by atoms with Gasteiger partial charge >= 0.3 is 8.56 Å². The SMILES string of the molecule is CCCCCC(O)[Si](C)(OC)OC. The molecule has 0 rings (SSSR count). The second-order valence-electron chi connectivity index (χ2n) is 3.44. The van der Waals surface area contributed by atoms with E-state index >= 15 is 0 Å². The van der Waals surface area contributed by atoms with Crippen LogP contribution in [0.5, 0.6) is 0 Å². The first-order valence-corrected chi connectivity index (χ1v) is 7.28. The first kappa shape index (κ1) is 13.1. The molecular weight excluding hydrogens is 184 g/mol. The van der Waals surface area contributed by atoms with Gasteiger partial charge in [0.05, 0.1) is 5.73 Å². The Hall–Kier alpha value is 0.0969. The molecule has 0 radical (unpaired) electrons. The molecule has 0 saturated heterocycles. The van der Waals surface area contributed by atoms with E-state index < -0.39 is 14.3 Å². The molecule has 0 amide bonds. The highest BCUT2D eigenvalue weighted by Crippen LogP contribution is 2.16. The summed E-state index contributed by atoms with van der Waals surface area (Å²) in [5, 5.41) is 9.81. The quantitative estimate of drug-likeness (QED) is 0.510. The van der Waals surface area contributed by atoms with Crippen molar-refractivity contribution in [2.24, 2.45) is 0 Å². The molecule has 0 aromatic heterocycles. The predicted octanol–water partition coefficient (Wildman–Crippen LogP) is 1.83. The van der Waals surface area contributed by atoms with Crippen molar-refractivity contribution in [3.05, 3.63) is 0 Å². The molecule has 0 spiro atoms. The van der Waals surface area contributed by atoms with Gasteiger partial charge in [-0.2, -0.15) is 0 Å². The van der Waals surface area contributed by atoms with E-state index in [4.69, 9.17) is 8.85 Å². The lowest BCUT2D eigenvalue weighted by Crippen LogP contribution is -2.49. The van der Waals surface area contributed by atoms with Crippen molar-refractivity contribution in [3.8, 4) is 0 Å². The normalized spacial score (nSPS) is 14.5. The van der Waals surface area contributed by atoms with E-state index in [1.165, 1.54) is 6.42 Å². The number of rotatable bonds is 7. The van der Waals surface area contributed by atoms with Crippen LogP contribution in [0.15, 0.2) is 0 Å². The molecule has 1 unspecified atom stereocenters. The minimum absolute atomic E-state index is 0.408. The highest BCUT2D eigenvalue weighted by Gasteiger charge is 2.37. The van der Waals surface area contributed by atoms with Gasteiger partial charge in [0, 0.05) is 14.2 Å². The third-order valence-electron chi connectivity index (χ3n) is 2.50. The zero-order chi connectivity index (χ0) is 10.3. The zero-order valence-corrected chi connectivity index (χ0v) is 10.2. The molecule has 0 aliphatic carbocycles. The molecule has 1 N–H and O–H groups in total.